The van der Waals surface area contributed by atoms with E-state index in [4.69, 9.17) is 9.72 Å². The van der Waals surface area contributed by atoms with Gasteiger partial charge in [-0.1, -0.05) is 6.92 Å². The number of carbonyl (C=O) groups excluding carboxylic acids is 1. The fraction of sp³-hybridized carbons (Fsp3) is 0.722. The van der Waals surface area contributed by atoms with Gasteiger partial charge in [0, 0.05) is 45.2 Å². The summed E-state index contributed by atoms with van der Waals surface area (Å²) in [5, 5.41) is 0. The summed E-state index contributed by atoms with van der Waals surface area (Å²) in [6.45, 7) is 7.91. The molecule has 2 aliphatic rings. The molecule has 2 saturated heterocycles. The van der Waals surface area contributed by atoms with Gasteiger partial charge in [0.05, 0.1) is 12.0 Å². The summed E-state index contributed by atoms with van der Waals surface area (Å²) >= 11 is 0. The number of anilines is 1. The van der Waals surface area contributed by atoms with Crippen molar-refractivity contribution in [3.63, 3.8) is 0 Å². The second kappa shape index (κ2) is 7.05. The van der Waals surface area contributed by atoms with Crippen molar-refractivity contribution in [3.8, 4) is 0 Å². The van der Waals surface area contributed by atoms with Crippen LogP contribution in [0.2, 0.25) is 0 Å². The highest BCUT2D eigenvalue weighted by atomic mass is 16.5. The standard InChI is InChI=1S/C18H28N4O2/c1-4-15-14(2)12-19-17(20-15)22-9-7-18(13-22)6-5-8-21(16(18)23)10-11-24-3/h12H,4-11,13H2,1-3H3/t18-/m0/s1. The van der Waals surface area contributed by atoms with Crippen LogP contribution in [0, 0.1) is 12.3 Å². The Bertz CT molecular complexity index is 607. The monoisotopic (exact) mass is 332 g/mol. The first-order valence-corrected chi connectivity index (χ1v) is 8.95. The van der Waals surface area contributed by atoms with Crippen LogP contribution in [0.4, 0.5) is 5.95 Å². The molecule has 2 fully saturated rings. The van der Waals surface area contributed by atoms with Crippen molar-refractivity contribution in [2.75, 3.05) is 44.8 Å². The predicted molar refractivity (Wildman–Crippen MR) is 93.1 cm³/mol. The third kappa shape index (κ3) is 3.11. The summed E-state index contributed by atoms with van der Waals surface area (Å²) < 4.78 is 5.15. The van der Waals surface area contributed by atoms with Gasteiger partial charge in [-0.15, -0.1) is 0 Å². The van der Waals surface area contributed by atoms with E-state index in [0.717, 1.165) is 62.5 Å². The first-order valence-electron chi connectivity index (χ1n) is 8.95. The fourth-order valence-corrected chi connectivity index (χ4v) is 3.97. The maximum atomic E-state index is 13.0. The quantitative estimate of drug-likeness (QED) is 0.823. The van der Waals surface area contributed by atoms with Gasteiger partial charge in [-0.3, -0.25) is 4.79 Å². The number of hydrogen-bond donors (Lipinski definition) is 0. The molecule has 0 saturated carbocycles. The molecule has 0 unspecified atom stereocenters. The van der Waals surface area contributed by atoms with Crippen molar-refractivity contribution in [2.24, 2.45) is 5.41 Å². The minimum atomic E-state index is -0.257. The lowest BCUT2D eigenvalue weighted by Crippen LogP contribution is -2.51. The summed E-state index contributed by atoms with van der Waals surface area (Å²) in [6, 6.07) is 0. The molecule has 1 aromatic heterocycles. The number of methoxy groups -OCH3 is 1. The van der Waals surface area contributed by atoms with E-state index in [0.29, 0.717) is 13.2 Å². The van der Waals surface area contributed by atoms with Gasteiger partial charge in [0.15, 0.2) is 0 Å². The van der Waals surface area contributed by atoms with E-state index in [-0.39, 0.29) is 11.3 Å². The van der Waals surface area contributed by atoms with Crippen LogP contribution in [0.5, 0.6) is 0 Å². The Kier molecular flexibility index (Phi) is 5.04. The average Bonchev–Trinajstić information content (AvgIpc) is 3.02. The molecule has 0 aromatic carbocycles. The Morgan fingerprint density at radius 1 is 1.33 bits per heavy atom. The predicted octanol–water partition coefficient (Wildman–Crippen LogP) is 1.81. The van der Waals surface area contributed by atoms with Crippen LogP contribution in [0.3, 0.4) is 0 Å². The zero-order chi connectivity index (χ0) is 17.2. The number of ether oxygens (including phenoxy) is 1. The van der Waals surface area contributed by atoms with Crippen molar-refractivity contribution >= 4 is 11.9 Å². The molecule has 1 atom stereocenters. The Labute approximate surface area is 144 Å². The molecule has 1 spiro atoms. The molecule has 24 heavy (non-hydrogen) atoms. The van der Waals surface area contributed by atoms with Crippen molar-refractivity contribution < 1.29 is 9.53 Å². The summed E-state index contributed by atoms with van der Waals surface area (Å²) in [5.41, 5.74) is 1.97. The van der Waals surface area contributed by atoms with Crippen LogP contribution in [0.1, 0.15) is 37.4 Å². The Balaban J connectivity index is 1.75. The van der Waals surface area contributed by atoms with Gasteiger partial charge >= 0.3 is 0 Å². The van der Waals surface area contributed by atoms with Crippen molar-refractivity contribution in [1.82, 2.24) is 14.9 Å². The second-order valence-electron chi connectivity index (χ2n) is 6.99. The molecule has 6 nitrogen and oxygen atoms in total. The number of piperidine rings is 1. The molecule has 3 heterocycles. The molecule has 2 aliphatic heterocycles. The van der Waals surface area contributed by atoms with E-state index in [9.17, 15) is 4.79 Å². The molecular weight excluding hydrogens is 304 g/mol. The van der Waals surface area contributed by atoms with E-state index in [1.165, 1.54) is 0 Å². The minimum Gasteiger partial charge on any atom is -0.383 e. The van der Waals surface area contributed by atoms with Crippen molar-refractivity contribution in [2.45, 2.75) is 39.5 Å². The first-order chi connectivity index (χ1) is 11.6. The number of aromatic nitrogens is 2. The zero-order valence-electron chi connectivity index (χ0n) is 15.0. The Hall–Kier alpha value is -1.69. The minimum absolute atomic E-state index is 0.257. The lowest BCUT2D eigenvalue weighted by atomic mass is 9.78. The first kappa shape index (κ1) is 17.1. The zero-order valence-corrected chi connectivity index (χ0v) is 15.0. The largest absolute Gasteiger partial charge is 0.383 e. The number of hydrogen-bond acceptors (Lipinski definition) is 5. The highest BCUT2D eigenvalue weighted by Gasteiger charge is 2.48. The summed E-state index contributed by atoms with van der Waals surface area (Å²) in [5.74, 6) is 1.06. The van der Waals surface area contributed by atoms with Crippen molar-refractivity contribution in [3.05, 3.63) is 17.5 Å². The third-order valence-electron chi connectivity index (χ3n) is 5.42. The molecule has 1 amide bonds. The maximum absolute atomic E-state index is 13.0. The lowest BCUT2D eigenvalue weighted by molar-refractivity contribution is -0.145. The smallest absolute Gasteiger partial charge is 0.230 e. The molecule has 0 bridgehead atoms. The summed E-state index contributed by atoms with van der Waals surface area (Å²) in [6.07, 6.45) is 5.74. The number of carbonyl (C=O) groups is 1. The van der Waals surface area contributed by atoms with Gasteiger partial charge in [0.1, 0.15) is 0 Å². The van der Waals surface area contributed by atoms with Crippen molar-refractivity contribution in [1.29, 1.82) is 0 Å². The van der Waals surface area contributed by atoms with Gasteiger partial charge in [-0.2, -0.15) is 0 Å². The van der Waals surface area contributed by atoms with Gasteiger partial charge in [-0.25, -0.2) is 9.97 Å². The van der Waals surface area contributed by atoms with E-state index >= 15 is 0 Å². The molecule has 0 radical (unpaired) electrons. The highest BCUT2D eigenvalue weighted by molar-refractivity contribution is 5.85. The SMILES string of the molecule is CCc1nc(N2CC[C@@]3(CCCN(CCOC)C3=O)C2)ncc1C. The third-order valence-corrected chi connectivity index (χ3v) is 5.42. The fourth-order valence-electron chi connectivity index (χ4n) is 3.97. The summed E-state index contributed by atoms with van der Waals surface area (Å²) in [4.78, 5) is 26.4. The molecule has 3 rings (SSSR count). The van der Waals surface area contributed by atoms with Crippen LogP contribution >= 0.6 is 0 Å². The lowest BCUT2D eigenvalue weighted by Gasteiger charge is -2.39. The summed E-state index contributed by atoms with van der Waals surface area (Å²) in [7, 11) is 1.68. The second-order valence-corrected chi connectivity index (χ2v) is 6.99. The molecule has 1 aromatic rings. The van der Waals surface area contributed by atoms with Gasteiger partial charge in [0.2, 0.25) is 11.9 Å². The normalized spacial score (nSPS) is 24.2. The number of nitrogens with zero attached hydrogens (tertiary/aromatic N) is 4. The number of amides is 1. The highest BCUT2D eigenvalue weighted by Crippen LogP contribution is 2.40. The molecule has 0 aliphatic carbocycles. The van der Waals surface area contributed by atoms with E-state index < -0.39 is 0 Å². The number of likely N-dealkylation sites (tertiary alicyclic amines) is 1. The number of aryl methyl sites for hydroxylation is 2. The number of rotatable bonds is 5. The van der Waals surface area contributed by atoms with E-state index in [1.54, 1.807) is 7.11 Å². The van der Waals surface area contributed by atoms with Crippen LogP contribution < -0.4 is 4.90 Å². The van der Waals surface area contributed by atoms with Crippen LogP contribution in [0.25, 0.3) is 0 Å². The average molecular weight is 332 g/mol. The molecule has 0 N–H and O–H groups in total. The maximum Gasteiger partial charge on any atom is 0.230 e. The molecular formula is C18H28N4O2. The van der Waals surface area contributed by atoms with Crippen LogP contribution in [-0.4, -0.2) is 60.7 Å². The van der Waals surface area contributed by atoms with Crippen LogP contribution in [0.15, 0.2) is 6.20 Å². The topological polar surface area (TPSA) is 58.6 Å². The van der Waals surface area contributed by atoms with Gasteiger partial charge < -0.3 is 14.5 Å². The molecule has 132 valence electrons. The Morgan fingerprint density at radius 3 is 2.92 bits per heavy atom. The van der Waals surface area contributed by atoms with Gasteiger partial charge in [-0.05, 0) is 38.2 Å². The van der Waals surface area contributed by atoms with E-state index in [2.05, 4.69) is 16.8 Å². The van der Waals surface area contributed by atoms with Crippen LogP contribution in [-0.2, 0) is 16.0 Å². The van der Waals surface area contributed by atoms with Gasteiger partial charge in [0.25, 0.3) is 0 Å². The van der Waals surface area contributed by atoms with E-state index in [1.807, 2.05) is 18.0 Å². The Morgan fingerprint density at radius 2 is 2.17 bits per heavy atom. The molecule has 6 heteroatoms.